The Bertz CT molecular complexity index is 971. The lowest BCUT2D eigenvalue weighted by molar-refractivity contribution is -0.115. The third kappa shape index (κ3) is 4.33. The van der Waals surface area contributed by atoms with Gasteiger partial charge in [-0.1, -0.05) is 43.8 Å². The number of carbonyl (C=O) groups excluding carboxylic acids is 1. The van der Waals surface area contributed by atoms with Gasteiger partial charge in [-0.25, -0.2) is 9.07 Å². The quantitative estimate of drug-likeness (QED) is 0.483. The number of anilines is 1. The van der Waals surface area contributed by atoms with Crippen molar-refractivity contribution in [2.75, 3.05) is 11.2 Å². The third-order valence-electron chi connectivity index (χ3n) is 4.26. The Hall–Kier alpha value is -2.87. The fourth-order valence-electron chi connectivity index (χ4n) is 2.71. The summed E-state index contributed by atoms with van der Waals surface area (Å²) in [6.45, 7) is 5.94. The van der Waals surface area contributed by atoms with E-state index >= 15 is 0 Å². The standard InChI is InChI=1S/C20H22FN5OS/c1-12(2)16-6-4-5-7-17(16)23-19(27)13(3)28-20-25-24-18(26(20)22)14-8-10-15(21)11-9-14/h4-13H,22H2,1-3H3,(H,23,27). The van der Waals surface area contributed by atoms with Crippen LogP contribution in [0.2, 0.25) is 0 Å². The number of hydrogen-bond acceptors (Lipinski definition) is 5. The smallest absolute Gasteiger partial charge is 0.237 e. The predicted octanol–water partition coefficient (Wildman–Crippen LogP) is 4.04. The number of para-hydroxylation sites is 1. The molecule has 3 rings (SSSR count). The summed E-state index contributed by atoms with van der Waals surface area (Å²) >= 11 is 1.21. The second-order valence-electron chi connectivity index (χ2n) is 6.67. The number of benzene rings is 2. The number of hydrogen-bond donors (Lipinski definition) is 2. The van der Waals surface area contributed by atoms with Crippen LogP contribution in [-0.4, -0.2) is 26.0 Å². The summed E-state index contributed by atoms with van der Waals surface area (Å²) in [6.07, 6.45) is 0. The van der Waals surface area contributed by atoms with Gasteiger partial charge in [0.1, 0.15) is 5.82 Å². The first-order valence-corrected chi connectivity index (χ1v) is 9.77. The molecule has 0 bridgehead atoms. The van der Waals surface area contributed by atoms with Crippen LogP contribution in [0.5, 0.6) is 0 Å². The number of nitrogen functional groups attached to an aromatic ring is 1. The number of nitrogens with two attached hydrogens (primary N) is 1. The van der Waals surface area contributed by atoms with Gasteiger partial charge < -0.3 is 11.2 Å². The highest BCUT2D eigenvalue weighted by molar-refractivity contribution is 8.00. The van der Waals surface area contributed by atoms with Gasteiger partial charge in [0.05, 0.1) is 5.25 Å². The maximum absolute atomic E-state index is 13.1. The first-order valence-electron chi connectivity index (χ1n) is 8.89. The molecule has 146 valence electrons. The lowest BCUT2D eigenvalue weighted by Crippen LogP contribution is -2.24. The molecule has 2 aromatic carbocycles. The molecule has 1 amide bonds. The summed E-state index contributed by atoms with van der Waals surface area (Å²) in [5, 5.41) is 11.1. The van der Waals surface area contributed by atoms with Crippen LogP contribution >= 0.6 is 11.8 Å². The van der Waals surface area contributed by atoms with Gasteiger partial charge >= 0.3 is 0 Å². The molecule has 8 heteroatoms. The zero-order valence-corrected chi connectivity index (χ0v) is 16.7. The Kier molecular flexibility index (Phi) is 5.99. The third-order valence-corrected chi connectivity index (χ3v) is 5.32. The van der Waals surface area contributed by atoms with E-state index in [0.717, 1.165) is 11.3 Å². The summed E-state index contributed by atoms with van der Waals surface area (Å²) in [5.41, 5.74) is 2.52. The number of amides is 1. The molecule has 0 fully saturated rings. The fourth-order valence-corrected chi connectivity index (χ4v) is 3.48. The normalized spacial score (nSPS) is 12.2. The number of nitrogens with one attached hydrogen (secondary N) is 1. The number of nitrogens with zero attached hydrogens (tertiary/aromatic N) is 3. The van der Waals surface area contributed by atoms with Crippen molar-refractivity contribution in [1.82, 2.24) is 14.9 Å². The largest absolute Gasteiger partial charge is 0.335 e. The van der Waals surface area contributed by atoms with Crippen LogP contribution in [0.1, 0.15) is 32.3 Å². The molecule has 0 spiro atoms. The van der Waals surface area contributed by atoms with Crippen molar-refractivity contribution in [1.29, 1.82) is 0 Å². The van der Waals surface area contributed by atoms with Crippen molar-refractivity contribution >= 4 is 23.4 Å². The Morgan fingerprint density at radius 1 is 1.11 bits per heavy atom. The van der Waals surface area contributed by atoms with Crippen molar-refractivity contribution in [2.24, 2.45) is 0 Å². The van der Waals surface area contributed by atoms with E-state index in [1.165, 1.54) is 28.6 Å². The van der Waals surface area contributed by atoms with E-state index in [0.29, 0.717) is 22.5 Å². The van der Waals surface area contributed by atoms with Gasteiger partial charge in [-0.15, -0.1) is 10.2 Å². The summed E-state index contributed by atoms with van der Waals surface area (Å²) in [7, 11) is 0. The number of carbonyl (C=O) groups is 1. The first kappa shape index (κ1) is 19.9. The monoisotopic (exact) mass is 399 g/mol. The highest BCUT2D eigenvalue weighted by Crippen LogP contribution is 2.27. The molecule has 0 saturated heterocycles. The van der Waals surface area contributed by atoms with E-state index in [1.54, 1.807) is 19.1 Å². The highest BCUT2D eigenvalue weighted by Gasteiger charge is 2.21. The molecule has 1 unspecified atom stereocenters. The maximum atomic E-state index is 13.1. The molecule has 3 N–H and O–H groups in total. The minimum Gasteiger partial charge on any atom is -0.335 e. The SMILES string of the molecule is CC(Sc1nnc(-c2ccc(F)cc2)n1N)C(=O)Nc1ccccc1C(C)C. The lowest BCUT2D eigenvalue weighted by atomic mass is 10.0. The molecule has 1 aromatic heterocycles. The molecule has 0 radical (unpaired) electrons. The van der Waals surface area contributed by atoms with E-state index < -0.39 is 5.25 Å². The summed E-state index contributed by atoms with van der Waals surface area (Å²) in [6, 6.07) is 13.6. The molecule has 1 heterocycles. The minimum atomic E-state index is -0.437. The van der Waals surface area contributed by atoms with Gasteiger partial charge in [0.25, 0.3) is 0 Å². The van der Waals surface area contributed by atoms with Crippen molar-refractivity contribution < 1.29 is 9.18 Å². The zero-order valence-electron chi connectivity index (χ0n) is 15.9. The fraction of sp³-hybridized carbons (Fsp3) is 0.250. The van der Waals surface area contributed by atoms with Gasteiger partial charge in [-0.05, 0) is 48.7 Å². The lowest BCUT2D eigenvalue weighted by Gasteiger charge is -2.16. The topological polar surface area (TPSA) is 85.8 Å². The van der Waals surface area contributed by atoms with Crippen LogP contribution in [0.3, 0.4) is 0 Å². The van der Waals surface area contributed by atoms with Gasteiger partial charge in [0.2, 0.25) is 11.1 Å². The molecule has 0 aliphatic carbocycles. The second-order valence-corrected chi connectivity index (χ2v) is 7.98. The Morgan fingerprint density at radius 3 is 2.46 bits per heavy atom. The van der Waals surface area contributed by atoms with Crippen molar-refractivity contribution in [3.05, 3.63) is 59.9 Å². The number of aromatic nitrogens is 3. The van der Waals surface area contributed by atoms with E-state index in [2.05, 4.69) is 29.4 Å². The van der Waals surface area contributed by atoms with Gasteiger partial charge in [-0.2, -0.15) is 0 Å². The van der Waals surface area contributed by atoms with Crippen molar-refractivity contribution in [2.45, 2.75) is 37.1 Å². The molecule has 3 aromatic rings. The number of halogens is 1. The highest BCUT2D eigenvalue weighted by atomic mass is 32.2. The second kappa shape index (κ2) is 8.43. The summed E-state index contributed by atoms with van der Waals surface area (Å²) < 4.78 is 14.4. The van der Waals surface area contributed by atoms with Crippen LogP contribution in [0, 0.1) is 5.82 Å². The molecule has 1 atom stereocenters. The molecule has 0 aliphatic heterocycles. The zero-order chi connectivity index (χ0) is 20.3. The molecular weight excluding hydrogens is 377 g/mol. The van der Waals surface area contributed by atoms with Crippen molar-refractivity contribution in [3.63, 3.8) is 0 Å². The van der Waals surface area contributed by atoms with Crippen LogP contribution in [0.15, 0.2) is 53.7 Å². The summed E-state index contributed by atoms with van der Waals surface area (Å²) in [5.74, 6) is 6.29. The van der Waals surface area contributed by atoms with E-state index in [1.807, 2.05) is 24.3 Å². The van der Waals surface area contributed by atoms with E-state index in [4.69, 9.17) is 5.84 Å². The average molecular weight is 399 g/mol. The van der Waals surface area contributed by atoms with Crippen LogP contribution < -0.4 is 11.2 Å². The van der Waals surface area contributed by atoms with Gasteiger partial charge in [0.15, 0.2) is 5.82 Å². The molecule has 0 aliphatic rings. The van der Waals surface area contributed by atoms with Crippen molar-refractivity contribution in [3.8, 4) is 11.4 Å². The first-order chi connectivity index (χ1) is 13.4. The van der Waals surface area contributed by atoms with Crippen LogP contribution in [0.4, 0.5) is 10.1 Å². The number of rotatable bonds is 6. The average Bonchev–Trinajstić information content (AvgIpc) is 3.03. The molecule has 0 saturated carbocycles. The summed E-state index contributed by atoms with van der Waals surface area (Å²) in [4.78, 5) is 12.6. The van der Waals surface area contributed by atoms with Gasteiger partial charge in [-0.3, -0.25) is 4.79 Å². The molecular formula is C20H22FN5OS. The minimum absolute atomic E-state index is 0.149. The maximum Gasteiger partial charge on any atom is 0.237 e. The number of thioether (sulfide) groups is 1. The predicted molar refractivity (Wildman–Crippen MR) is 110 cm³/mol. The Morgan fingerprint density at radius 2 is 1.79 bits per heavy atom. The van der Waals surface area contributed by atoms with Crippen LogP contribution in [-0.2, 0) is 4.79 Å². The molecule has 6 nitrogen and oxygen atoms in total. The Balaban J connectivity index is 1.72. The van der Waals surface area contributed by atoms with E-state index in [9.17, 15) is 9.18 Å². The van der Waals surface area contributed by atoms with Gasteiger partial charge in [0, 0.05) is 11.3 Å². The van der Waals surface area contributed by atoms with E-state index in [-0.39, 0.29) is 11.7 Å². The Labute approximate surface area is 167 Å². The molecule has 28 heavy (non-hydrogen) atoms. The van der Waals surface area contributed by atoms with Crippen LogP contribution in [0.25, 0.3) is 11.4 Å².